The molecule has 0 spiro atoms. The smallest absolute Gasteiger partial charge is 0.232 e. The van der Waals surface area contributed by atoms with Crippen LogP contribution in [0.3, 0.4) is 0 Å². The number of carbonyl (C=O) groups excluding carboxylic acids is 1. The van der Waals surface area contributed by atoms with Crippen molar-refractivity contribution in [3.05, 3.63) is 22.3 Å². The maximum absolute atomic E-state index is 11.6. The summed E-state index contributed by atoms with van der Waals surface area (Å²) in [6, 6.07) is 1.56. The van der Waals surface area contributed by atoms with Gasteiger partial charge < -0.3 is 14.8 Å². The van der Waals surface area contributed by atoms with Crippen molar-refractivity contribution in [3.8, 4) is 5.88 Å². The molecule has 1 fully saturated rings. The lowest BCUT2D eigenvalue weighted by molar-refractivity contribution is -0.121. The Bertz CT molecular complexity index is 479. The van der Waals surface area contributed by atoms with Crippen LogP contribution in [0, 0.1) is 0 Å². The Morgan fingerprint density at radius 1 is 1.52 bits per heavy atom. The number of halogens is 2. The minimum Gasteiger partial charge on any atom is -0.475 e. The standard InChI is InChI=1S/C14H18Cl2N2O3/c15-10-8-12(16)14(18-9-10)21-7-5-17-13(19)4-3-11-2-1-6-20-11/h8-9,11H,1-7H2,(H,17,19)/t11-/m0/s1. The second-order valence-corrected chi connectivity index (χ2v) is 5.66. The van der Waals surface area contributed by atoms with Crippen LogP contribution in [0.15, 0.2) is 12.3 Å². The monoisotopic (exact) mass is 332 g/mol. The van der Waals surface area contributed by atoms with Crippen molar-refractivity contribution < 1.29 is 14.3 Å². The number of amides is 1. The summed E-state index contributed by atoms with van der Waals surface area (Å²) < 4.78 is 10.9. The SMILES string of the molecule is O=C(CC[C@@H]1CCCO1)NCCOc1ncc(Cl)cc1Cl. The molecule has 1 aromatic rings. The van der Waals surface area contributed by atoms with Crippen molar-refractivity contribution >= 4 is 29.1 Å². The summed E-state index contributed by atoms with van der Waals surface area (Å²) in [4.78, 5) is 15.6. The number of carbonyl (C=O) groups is 1. The van der Waals surface area contributed by atoms with E-state index in [2.05, 4.69) is 10.3 Å². The fraction of sp³-hybridized carbons (Fsp3) is 0.571. The van der Waals surface area contributed by atoms with Crippen molar-refractivity contribution in [3.63, 3.8) is 0 Å². The predicted octanol–water partition coefficient (Wildman–Crippen LogP) is 2.84. The highest BCUT2D eigenvalue weighted by Gasteiger charge is 2.16. The van der Waals surface area contributed by atoms with E-state index in [1.54, 1.807) is 6.07 Å². The van der Waals surface area contributed by atoms with Crippen LogP contribution >= 0.6 is 23.2 Å². The molecule has 2 rings (SSSR count). The van der Waals surface area contributed by atoms with Crippen molar-refractivity contribution in [2.24, 2.45) is 0 Å². The third-order valence-corrected chi connectivity index (χ3v) is 3.63. The van der Waals surface area contributed by atoms with Crippen LogP contribution in [0.5, 0.6) is 5.88 Å². The van der Waals surface area contributed by atoms with E-state index >= 15 is 0 Å². The van der Waals surface area contributed by atoms with E-state index in [1.807, 2.05) is 0 Å². The van der Waals surface area contributed by atoms with Gasteiger partial charge >= 0.3 is 0 Å². The lowest BCUT2D eigenvalue weighted by atomic mass is 10.1. The fourth-order valence-electron chi connectivity index (χ4n) is 2.10. The number of pyridine rings is 1. The van der Waals surface area contributed by atoms with E-state index in [0.717, 1.165) is 25.9 Å². The molecule has 1 aliphatic rings. The summed E-state index contributed by atoms with van der Waals surface area (Å²) in [6.07, 6.45) is 5.10. The molecule has 116 valence electrons. The molecule has 1 saturated heterocycles. The van der Waals surface area contributed by atoms with Gasteiger partial charge in [0.1, 0.15) is 11.6 Å². The van der Waals surface area contributed by atoms with Crippen LogP contribution in [-0.4, -0.2) is 36.8 Å². The molecule has 1 aromatic heterocycles. The largest absolute Gasteiger partial charge is 0.475 e. The molecule has 2 heterocycles. The van der Waals surface area contributed by atoms with Gasteiger partial charge in [-0.25, -0.2) is 4.98 Å². The number of aromatic nitrogens is 1. The lowest BCUT2D eigenvalue weighted by Crippen LogP contribution is -2.28. The third-order valence-electron chi connectivity index (χ3n) is 3.15. The van der Waals surface area contributed by atoms with Crippen LogP contribution in [0.4, 0.5) is 0 Å². The van der Waals surface area contributed by atoms with Gasteiger partial charge in [0, 0.05) is 19.2 Å². The Morgan fingerprint density at radius 2 is 2.38 bits per heavy atom. The van der Waals surface area contributed by atoms with Crippen LogP contribution in [0.25, 0.3) is 0 Å². The van der Waals surface area contributed by atoms with Gasteiger partial charge in [-0.05, 0) is 25.3 Å². The molecule has 7 heteroatoms. The Kier molecular flexibility index (Phi) is 6.54. The Morgan fingerprint density at radius 3 is 3.10 bits per heavy atom. The van der Waals surface area contributed by atoms with Crippen molar-refractivity contribution in [1.29, 1.82) is 0 Å². The summed E-state index contributed by atoms with van der Waals surface area (Å²) in [6.45, 7) is 1.53. The number of hydrogen-bond acceptors (Lipinski definition) is 4. The van der Waals surface area contributed by atoms with Gasteiger partial charge in [0.2, 0.25) is 11.8 Å². The lowest BCUT2D eigenvalue weighted by Gasteiger charge is -2.10. The van der Waals surface area contributed by atoms with E-state index in [-0.39, 0.29) is 12.0 Å². The maximum atomic E-state index is 11.6. The van der Waals surface area contributed by atoms with Gasteiger partial charge in [-0.15, -0.1) is 0 Å². The van der Waals surface area contributed by atoms with Gasteiger partial charge in [-0.2, -0.15) is 0 Å². The van der Waals surface area contributed by atoms with E-state index in [1.165, 1.54) is 6.20 Å². The van der Waals surface area contributed by atoms with Gasteiger partial charge in [0.25, 0.3) is 0 Å². The minimum atomic E-state index is 0.00395. The van der Waals surface area contributed by atoms with Gasteiger partial charge in [0.05, 0.1) is 17.7 Å². The summed E-state index contributed by atoms with van der Waals surface area (Å²) >= 11 is 11.7. The summed E-state index contributed by atoms with van der Waals surface area (Å²) in [7, 11) is 0. The topological polar surface area (TPSA) is 60.5 Å². The van der Waals surface area contributed by atoms with Gasteiger partial charge in [-0.1, -0.05) is 23.2 Å². The highest BCUT2D eigenvalue weighted by molar-refractivity contribution is 6.35. The first-order valence-electron chi connectivity index (χ1n) is 6.97. The molecular formula is C14H18Cl2N2O3. The van der Waals surface area contributed by atoms with E-state index in [9.17, 15) is 4.79 Å². The zero-order chi connectivity index (χ0) is 15.1. The highest BCUT2D eigenvalue weighted by atomic mass is 35.5. The molecule has 1 N–H and O–H groups in total. The molecule has 1 aliphatic heterocycles. The normalized spacial score (nSPS) is 17.7. The third kappa shape index (κ3) is 5.69. The average Bonchev–Trinajstić information content (AvgIpc) is 2.96. The van der Waals surface area contributed by atoms with E-state index in [0.29, 0.717) is 35.5 Å². The van der Waals surface area contributed by atoms with Crippen LogP contribution < -0.4 is 10.1 Å². The molecule has 0 radical (unpaired) electrons. The van der Waals surface area contributed by atoms with Crippen molar-refractivity contribution in [2.45, 2.75) is 31.8 Å². The summed E-state index contributed by atoms with van der Waals surface area (Å²) in [5, 5.41) is 3.60. The number of ether oxygens (including phenoxy) is 2. The first-order chi connectivity index (χ1) is 10.1. The Labute approximate surface area is 133 Å². The summed E-state index contributed by atoms with van der Waals surface area (Å²) in [5.41, 5.74) is 0. The second kappa shape index (κ2) is 8.41. The zero-order valence-electron chi connectivity index (χ0n) is 11.6. The van der Waals surface area contributed by atoms with Crippen LogP contribution in [0.2, 0.25) is 10.0 Å². The summed E-state index contributed by atoms with van der Waals surface area (Å²) in [5.74, 6) is 0.318. The zero-order valence-corrected chi connectivity index (χ0v) is 13.1. The molecule has 1 amide bonds. The molecule has 0 unspecified atom stereocenters. The number of nitrogens with zero attached hydrogens (tertiary/aromatic N) is 1. The Hall–Kier alpha value is -1.04. The van der Waals surface area contributed by atoms with Crippen LogP contribution in [0.1, 0.15) is 25.7 Å². The molecular weight excluding hydrogens is 315 g/mol. The second-order valence-electron chi connectivity index (χ2n) is 4.81. The molecule has 21 heavy (non-hydrogen) atoms. The highest BCUT2D eigenvalue weighted by Crippen LogP contribution is 2.24. The molecule has 5 nitrogen and oxygen atoms in total. The first-order valence-corrected chi connectivity index (χ1v) is 7.73. The number of hydrogen-bond donors (Lipinski definition) is 1. The molecule has 0 bridgehead atoms. The van der Waals surface area contributed by atoms with Crippen molar-refractivity contribution in [1.82, 2.24) is 10.3 Å². The maximum Gasteiger partial charge on any atom is 0.232 e. The molecule has 0 aliphatic carbocycles. The quantitative estimate of drug-likeness (QED) is 0.780. The fourth-order valence-corrected chi connectivity index (χ4v) is 2.53. The molecule has 0 saturated carbocycles. The number of rotatable bonds is 7. The van der Waals surface area contributed by atoms with E-state index < -0.39 is 0 Å². The number of nitrogens with one attached hydrogen (secondary N) is 1. The van der Waals surface area contributed by atoms with Gasteiger partial charge in [0.15, 0.2) is 0 Å². The Balaban J connectivity index is 1.59. The predicted molar refractivity (Wildman–Crippen MR) is 81.0 cm³/mol. The molecule has 0 aromatic carbocycles. The van der Waals surface area contributed by atoms with Gasteiger partial charge in [-0.3, -0.25) is 4.79 Å². The first kappa shape index (κ1) is 16.3. The van der Waals surface area contributed by atoms with Crippen LogP contribution in [-0.2, 0) is 9.53 Å². The average molecular weight is 333 g/mol. The molecule has 1 atom stereocenters. The van der Waals surface area contributed by atoms with Crippen molar-refractivity contribution in [2.75, 3.05) is 19.8 Å². The minimum absolute atomic E-state index is 0.00395. The van der Waals surface area contributed by atoms with E-state index in [4.69, 9.17) is 32.7 Å².